The van der Waals surface area contributed by atoms with Gasteiger partial charge in [-0.3, -0.25) is 9.69 Å². The molecule has 1 fully saturated rings. The molecule has 0 aliphatic carbocycles. The molecule has 1 saturated heterocycles. The van der Waals surface area contributed by atoms with Gasteiger partial charge in [0.15, 0.2) is 0 Å². The van der Waals surface area contributed by atoms with Crippen LogP contribution in [0.4, 0.5) is 0 Å². The zero-order valence-corrected chi connectivity index (χ0v) is 13.9. The average molecular weight is 288 g/mol. The third kappa shape index (κ3) is 3.85. The monoisotopic (exact) mass is 288 g/mol. The molecule has 1 amide bonds. The SMILES string of the molecule is CC(C)C1C(=O)NCCN1Cc1ccc(C(C)(C)C)cc1. The first-order valence-corrected chi connectivity index (χ1v) is 7.90. The molecule has 1 aliphatic heterocycles. The quantitative estimate of drug-likeness (QED) is 0.927. The fourth-order valence-corrected chi connectivity index (χ4v) is 2.98. The number of piperazine rings is 1. The van der Waals surface area contributed by atoms with Crippen molar-refractivity contribution in [1.29, 1.82) is 0 Å². The lowest BCUT2D eigenvalue weighted by atomic mass is 9.86. The van der Waals surface area contributed by atoms with Gasteiger partial charge >= 0.3 is 0 Å². The van der Waals surface area contributed by atoms with Gasteiger partial charge in [0.25, 0.3) is 0 Å². The van der Waals surface area contributed by atoms with Crippen LogP contribution in [0.1, 0.15) is 45.7 Å². The molecule has 0 spiro atoms. The largest absolute Gasteiger partial charge is 0.353 e. The standard InChI is InChI=1S/C18H28N2O/c1-13(2)16-17(21)19-10-11-20(16)12-14-6-8-15(9-7-14)18(3,4)5/h6-9,13,16H,10-12H2,1-5H3,(H,19,21). The van der Waals surface area contributed by atoms with Crippen molar-refractivity contribution >= 4 is 5.91 Å². The molecule has 3 nitrogen and oxygen atoms in total. The molecule has 1 N–H and O–H groups in total. The van der Waals surface area contributed by atoms with Crippen LogP contribution in [0, 0.1) is 5.92 Å². The summed E-state index contributed by atoms with van der Waals surface area (Å²) in [7, 11) is 0. The maximum Gasteiger partial charge on any atom is 0.237 e. The van der Waals surface area contributed by atoms with E-state index < -0.39 is 0 Å². The highest BCUT2D eigenvalue weighted by molar-refractivity contribution is 5.82. The Balaban J connectivity index is 2.11. The fourth-order valence-electron chi connectivity index (χ4n) is 2.98. The van der Waals surface area contributed by atoms with Gasteiger partial charge < -0.3 is 5.32 Å². The first kappa shape index (κ1) is 16.0. The fraction of sp³-hybridized carbons (Fsp3) is 0.611. The normalized spacial score (nSPS) is 20.7. The number of nitrogens with one attached hydrogen (secondary N) is 1. The highest BCUT2D eigenvalue weighted by atomic mass is 16.2. The second-order valence-corrected chi connectivity index (χ2v) is 7.40. The first-order chi connectivity index (χ1) is 9.79. The molecule has 0 radical (unpaired) electrons. The van der Waals surface area contributed by atoms with Crippen molar-refractivity contribution in [2.45, 2.75) is 52.6 Å². The van der Waals surface area contributed by atoms with Gasteiger partial charge in [0, 0.05) is 19.6 Å². The summed E-state index contributed by atoms with van der Waals surface area (Å²) in [4.78, 5) is 14.4. The van der Waals surface area contributed by atoms with Crippen molar-refractivity contribution < 1.29 is 4.79 Å². The summed E-state index contributed by atoms with van der Waals surface area (Å²) in [5.74, 6) is 0.502. The summed E-state index contributed by atoms with van der Waals surface area (Å²) in [5, 5.41) is 2.98. The first-order valence-electron chi connectivity index (χ1n) is 7.90. The topological polar surface area (TPSA) is 32.3 Å². The van der Waals surface area contributed by atoms with Gasteiger partial charge in [-0.1, -0.05) is 58.9 Å². The van der Waals surface area contributed by atoms with E-state index in [9.17, 15) is 4.79 Å². The second-order valence-electron chi connectivity index (χ2n) is 7.40. The predicted octanol–water partition coefficient (Wildman–Crippen LogP) is 2.94. The van der Waals surface area contributed by atoms with Crippen LogP contribution in [-0.4, -0.2) is 29.9 Å². The Labute approximate surface area is 128 Å². The second kappa shape index (κ2) is 6.18. The van der Waals surface area contributed by atoms with E-state index in [2.05, 4.69) is 69.1 Å². The van der Waals surface area contributed by atoms with Gasteiger partial charge in [0.1, 0.15) is 0 Å². The Hall–Kier alpha value is -1.35. The molecule has 0 saturated carbocycles. The molecule has 1 aliphatic rings. The van der Waals surface area contributed by atoms with Crippen LogP contribution in [-0.2, 0) is 16.8 Å². The van der Waals surface area contributed by atoms with E-state index >= 15 is 0 Å². The minimum atomic E-state index is -0.0129. The number of benzene rings is 1. The van der Waals surface area contributed by atoms with E-state index in [0.717, 1.165) is 19.6 Å². The minimum Gasteiger partial charge on any atom is -0.353 e. The van der Waals surface area contributed by atoms with Crippen LogP contribution in [0.2, 0.25) is 0 Å². The number of carbonyl (C=O) groups excluding carboxylic acids is 1. The molecule has 1 aromatic rings. The van der Waals surface area contributed by atoms with Crippen molar-refractivity contribution in [2.24, 2.45) is 5.92 Å². The van der Waals surface area contributed by atoms with Gasteiger partial charge in [-0.2, -0.15) is 0 Å². The molecular formula is C18H28N2O. The highest BCUT2D eigenvalue weighted by Crippen LogP contribution is 2.23. The van der Waals surface area contributed by atoms with Crippen molar-refractivity contribution in [3.63, 3.8) is 0 Å². The van der Waals surface area contributed by atoms with E-state index in [1.807, 2.05) is 0 Å². The summed E-state index contributed by atoms with van der Waals surface area (Å²) in [6, 6.07) is 8.81. The number of hydrogen-bond acceptors (Lipinski definition) is 2. The maximum atomic E-state index is 12.1. The van der Waals surface area contributed by atoms with Gasteiger partial charge in [0.2, 0.25) is 5.91 Å². The lowest BCUT2D eigenvalue weighted by Gasteiger charge is -2.37. The molecule has 116 valence electrons. The van der Waals surface area contributed by atoms with Crippen LogP contribution >= 0.6 is 0 Å². The maximum absolute atomic E-state index is 12.1. The zero-order chi connectivity index (χ0) is 15.6. The number of rotatable bonds is 3. The van der Waals surface area contributed by atoms with E-state index in [0.29, 0.717) is 5.92 Å². The van der Waals surface area contributed by atoms with Gasteiger partial charge in [-0.05, 0) is 22.5 Å². The van der Waals surface area contributed by atoms with Crippen LogP contribution in [0.15, 0.2) is 24.3 Å². The lowest BCUT2D eigenvalue weighted by molar-refractivity contribution is -0.131. The Bertz CT molecular complexity index is 485. The van der Waals surface area contributed by atoms with Gasteiger partial charge in [-0.15, -0.1) is 0 Å². The van der Waals surface area contributed by atoms with Crippen LogP contribution in [0.25, 0.3) is 0 Å². The third-order valence-electron chi connectivity index (χ3n) is 4.20. The molecular weight excluding hydrogens is 260 g/mol. The predicted molar refractivity (Wildman–Crippen MR) is 87.2 cm³/mol. The lowest BCUT2D eigenvalue weighted by Crippen LogP contribution is -2.56. The zero-order valence-electron chi connectivity index (χ0n) is 13.9. The Morgan fingerprint density at radius 1 is 1.24 bits per heavy atom. The van der Waals surface area contributed by atoms with Crippen LogP contribution < -0.4 is 5.32 Å². The molecule has 2 rings (SSSR count). The summed E-state index contributed by atoms with van der Waals surface area (Å²) < 4.78 is 0. The molecule has 0 aromatic heterocycles. The molecule has 1 atom stereocenters. The number of carbonyl (C=O) groups is 1. The molecule has 1 aromatic carbocycles. The summed E-state index contributed by atoms with van der Waals surface area (Å²) in [6.07, 6.45) is 0. The molecule has 0 bridgehead atoms. The average Bonchev–Trinajstić information content (AvgIpc) is 2.38. The third-order valence-corrected chi connectivity index (χ3v) is 4.20. The summed E-state index contributed by atoms with van der Waals surface area (Å²) in [5.41, 5.74) is 2.82. The summed E-state index contributed by atoms with van der Waals surface area (Å²) >= 11 is 0. The number of hydrogen-bond donors (Lipinski definition) is 1. The van der Waals surface area contributed by atoms with Crippen molar-refractivity contribution in [2.75, 3.05) is 13.1 Å². The molecule has 21 heavy (non-hydrogen) atoms. The smallest absolute Gasteiger partial charge is 0.237 e. The minimum absolute atomic E-state index is 0.0129. The summed E-state index contributed by atoms with van der Waals surface area (Å²) in [6.45, 7) is 13.4. The van der Waals surface area contributed by atoms with E-state index in [4.69, 9.17) is 0 Å². The van der Waals surface area contributed by atoms with Gasteiger partial charge in [-0.25, -0.2) is 0 Å². The van der Waals surface area contributed by atoms with E-state index in [1.165, 1.54) is 11.1 Å². The number of amides is 1. The van der Waals surface area contributed by atoms with Crippen molar-refractivity contribution in [3.8, 4) is 0 Å². The van der Waals surface area contributed by atoms with E-state index in [1.54, 1.807) is 0 Å². The van der Waals surface area contributed by atoms with Crippen molar-refractivity contribution in [1.82, 2.24) is 10.2 Å². The molecule has 1 heterocycles. The Morgan fingerprint density at radius 3 is 2.38 bits per heavy atom. The Morgan fingerprint density at radius 2 is 1.86 bits per heavy atom. The van der Waals surface area contributed by atoms with Crippen LogP contribution in [0.3, 0.4) is 0 Å². The molecule has 1 unspecified atom stereocenters. The molecule has 3 heteroatoms. The van der Waals surface area contributed by atoms with E-state index in [-0.39, 0.29) is 17.4 Å². The van der Waals surface area contributed by atoms with Crippen molar-refractivity contribution in [3.05, 3.63) is 35.4 Å². The Kier molecular flexibility index (Phi) is 4.72. The number of nitrogens with zero attached hydrogens (tertiary/aromatic N) is 1. The van der Waals surface area contributed by atoms with Gasteiger partial charge in [0.05, 0.1) is 6.04 Å². The highest BCUT2D eigenvalue weighted by Gasteiger charge is 2.31. The van der Waals surface area contributed by atoms with Crippen LogP contribution in [0.5, 0.6) is 0 Å².